The largest absolute Gasteiger partial charge is 0.431 e. The molecule has 0 radical (unpaired) electrons. The number of hydrogen-bond acceptors (Lipinski definition) is 5. The minimum Gasteiger partial charge on any atom is -0.431 e. The van der Waals surface area contributed by atoms with Crippen molar-refractivity contribution in [2.45, 2.75) is 33.0 Å². The SMILES string of the molecule is CCCCOC(C)OC(=O)c1nc(-c2ccc(Cl)cc2)c(F)c(N)c1Cl. The molecule has 0 aliphatic heterocycles. The number of unbranched alkanes of at least 4 members (excludes halogenated alkanes) is 1. The second kappa shape index (κ2) is 9.16. The molecule has 0 amide bonds. The molecule has 2 N–H and O–H groups in total. The van der Waals surface area contributed by atoms with Gasteiger partial charge in [0.15, 0.2) is 11.5 Å². The summed E-state index contributed by atoms with van der Waals surface area (Å²) in [4.78, 5) is 16.4. The fourth-order valence-corrected chi connectivity index (χ4v) is 2.46. The number of carbonyl (C=O) groups excluding carboxylic acids is 1. The summed E-state index contributed by atoms with van der Waals surface area (Å²) in [7, 11) is 0. The van der Waals surface area contributed by atoms with E-state index in [-0.39, 0.29) is 22.1 Å². The average Bonchev–Trinajstić information content (AvgIpc) is 2.61. The monoisotopic (exact) mass is 400 g/mol. The number of nitrogens with zero attached hydrogens (tertiary/aromatic N) is 1. The molecule has 2 aromatic rings. The first-order valence-corrected chi connectivity index (χ1v) is 8.83. The minimum atomic E-state index is -0.846. The highest BCUT2D eigenvalue weighted by molar-refractivity contribution is 6.35. The summed E-state index contributed by atoms with van der Waals surface area (Å²) in [5.41, 5.74) is 5.34. The molecule has 1 aromatic carbocycles. The van der Waals surface area contributed by atoms with Gasteiger partial charge >= 0.3 is 5.97 Å². The summed E-state index contributed by atoms with van der Waals surface area (Å²) >= 11 is 11.8. The van der Waals surface area contributed by atoms with Crippen molar-refractivity contribution < 1.29 is 18.7 Å². The first-order chi connectivity index (χ1) is 12.3. The van der Waals surface area contributed by atoms with Crippen molar-refractivity contribution in [1.29, 1.82) is 0 Å². The molecule has 1 atom stereocenters. The molecule has 140 valence electrons. The zero-order valence-electron chi connectivity index (χ0n) is 14.4. The van der Waals surface area contributed by atoms with Gasteiger partial charge < -0.3 is 15.2 Å². The molecule has 0 saturated carbocycles. The number of halogens is 3. The van der Waals surface area contributed by atoms with Crippen LogP contribution in [0.15, 0.2) is 24.3 Å². The molecule has 26 heavy (non-hydrogen) atoms. The highest BCUT2D eigenvalue weighted by atomic mass is 35.5. The lowest BCUT2D eigenvalue weighted by atomic mass is 10.1. The molecule has 0 aliphatic carbocycles. The predicted octanol–water partition coefficient (Wildman–Crippen LogP) is 5.10. The summed E-state index contributed by atoms with van der Waals surface area (Å²) in [5, 5.41) is 0.180. The Morgan fingerprint density at radius 3 is 2.58 bits per heavy atom. The Morgan fingerprint density at radius 2 is 1.96 bits per heavy atom. The molecule has 0 saturated heterocycles. The van der Waals surface area contributed by atoms with Crippen molar-refractivity contribution in [1.82, 2.24) is 4.98 Å². The molecular weight excluding hydrogens is 382 g/mol. The summed E-state index contributed by atoms with van der Waals surface area (Å²) in [6, 6.07) is 6.27. The van der Waals surface area contributed by atoms with Gasteiger partial charge in [0.25, 0.3) is 0 Å². The molecule has 1 unspecified atom stereocenters. The third kappa shape index (κ3) is 4.84. The summed E-state index contributed by atoms with van der Waals surface area (Å²) in [6.07, 6.45) is 0.996. The number of rotatable bonds is 7. The zero-order chi connectivity index (χ0) is 19.3. The van der Waals surface area contributed by atoms with Crippen LogP contribution in [0, 0.1) is 5.82 Å². The maximum absolute atomic E-state index is 14.5. The Hall–Kier alpha value is -1.89. The maximum Gasteiger partial charge on any atom is 0.360 e. The lowest BCUT2D eigenvalue weighted by Crippen LogP contribution is -2.20. The number of carbonyl (C=O) groups is 1. The minimum absolute atomic E-state index is 0.116. The van der Waals surface area contributed by atoms with Crippen molar-refractivity contribution in [3.05, 3.63) is 45.8 Å². The molecule has 1 heterocycles. The van der Waals surface area contributed by atoms with Crippen LogP contribution in [-0.2, 0) is 9.47 Å². The van der Waals surface area contributed by atoms with Crippen LogP contribution in [-0.4, -0.2) is 23.9 Å². The van der Waals surface area contributed by atoms with E-state index in [9.17, 15) is 9.18 Å². The first kappa shape index (κ1) is 20.4. The number of pyridine rings is 1. The quantitative estimate of drug-likeness (QED) is 0.397. The van der Waals surface area contributed by atoms with E-state index in [2.05, 4.69) is 4.98 Å². The van der Waals surface area contributed by atoms with Gasteiger partial charge in [0.2, 0.25) is 6.29 Å². The molecule has 0 aliphatic rings. The number of esters is 1. The van der Waals surface area contributed by atoms with Crippen LogP contribution in [0.5, 0.6) is 0 Å². The van der Waals surface area contributed by atoms with E-state index in [1.54, 1.807) is 31.2 Å². The molecule has 0 spiro atoms. The number of nitrogens with two attached hydrogens (primary N) is 1. The van der Waals surface area contributed by atoms with Crippen LogP contribution in [0.25, 0.3) is 11.3 Å². The second-order valence-corrected chi connectivity index (χ2v) is 6.37. The van der Waals surface area contributed by atoms with Crippen LogP contribution in [0.4, 0.5) is 10.1 Å². The number of hydrogen-bond donors (Lipinski definition) is 1. The standard InChI is InChI=1S/C18H19Cl2FN2O3/c1-3-4-9-25-10(2)26-18(24)17-13(20)15(22)14(21)16(23-17)11-5-7-12(19)8-6-11/h5-8,10H,3-4,9H2,1-2H3,(H2,22,23). The lowest BCUT2D eigenvalue weighted by molar-refractivity contribution is -0.0987. The molecule has 8 heteroatoms. The second-order valence-electron chi connectivity index (χ2n) is 5.55. The van der Waals surface area contributed by atoms with Crippen molar-refractivity contribution in [3.63, 3.8) is 0 Å². The number of ether oxygens (including phenoxy) is 2. The van der Waals surface area contributed by atoms with Crippen LogP contribution >= 0.6 is 23.2 Å². The van der Waals surface area contributed by atoms with Gasteiger partial charge in [-0.2, -0.15) is 0 Å². The molecular formula is C18H19Cl2FN2O3. The molecule has 0 bridgehead atoms. The van der Waals surface area contributed by atoms with E-state index in [1.807, 2.05) is 6.92 Å². The maximum atomic E-state index is 14.5. The van der Waals surface area contributed by atoms with E-state index in [4.69, 9.17) is 38.4 Å². The normalized spacial score (nSPS) is 12.0. The van der Waals surface area contributed by atoms with Gasteiger partial charge in [-0.05, 0) is 25.5 Å². The van der Waals surface area contributed by atoms with Crippen molar-refractivity contribution in [3.8, 4) is 11.3 Å². The molecule has 5 nitrogen and oxygen atoms in total. The molecule has 2 rings (SSSR count). The number of aromatic nitrogens is 1. The van der Waals surface area contributed by atoms with Gasteiger partial charge in [-0.1, -0.05) is 48.7 Å². The van der Waals surface area contributed by atoms with Crippen LogP contribution in [0.3, 0.4) is 0 Å². The van der Waals surface area contributed by atoms with Gasteiger partial charge in [-0.25, -0.2) is 14.2 Å². The zero-order valence-corrected chi connectivity index (χ0v) is 15.9. The fourth-order valence-electron chi connectivity index (χ4n) is 2.13. The third-order valence-electron chi connectivity index (χ3n) is 3.55. The van der Waals surface area contributed by atoms with Crippen molar-refractivity contribution in [2.75, 3.05) is 12.3 Å². The Balaban J connectivity index is 2.31. The summed E-state index contributed by atoms with van der Waals surface area (Å²) < 4.78 is 25.0. The van der Waals surface area contributed by atoms with E-state index in [1.165, 1.54) is 0 Å². The fraction of sp³-hybridized carbons (Fsp3) is 0.333. The van der Waals surface area contributed by atoms with Crippen molar-refractivity contribution in [2.24, 2.45) is 0 Å². The predicted molar refractivity (Wildman–Crippen MR) is 99.8 cm³/mol. The van der Waals surface area contributed by atoms with Gasteiger partial charge in [0.1, 0.15) is 5.69 Å². The van der Waals surface area contributed by atoms with E-state index in [0.717, 1.165) is 12.8 Å². The van der Waals surface area contributed by atoms with Gasteiger partial charge in [-0.15, -0.1) is 0 Å². The van der Waals surface area contributed by atoms with Crippen molar-refractivity contribution >= 4 is 34.9 Å². The highest BCUT2D eigenvalue weighted by Gasteiger charge is 2.24. The summed E-state index contributed by atoms with van der Waals surface area (Å²) in [5.74, 6) is -1.66. The lowest BCUT2D eigenvalue weighted by Gasteiger charge is -2.15. The van der Waals surface area contributed by atoms with Gasteiger partial charge in [-0.3, -0.25) is 0 Å². The first-order valence-electron chi connectivity index (χ1n) is 8.08. The van der Waals surface area contributed by atoms with Crippen LogP contribution in [0.2, 0.25) is 10.0 Å². The Bertz CT molecular complexity index is 785. The van der Waals surface area contributed by atoms with Gasteiger partial charge in [0.05, 0.1) is 17.3 Å². The third-order valence-corrected chi connectivity index (χ3v) is 4.18. The summed E-state index contributed by atoms with van der Waals surface area (Å²) in [6.45, 7) is 4.05. The highest BCUT2D eigenvalue weighted by Crippen LogP contribution is 2.33. The number of nitrogen functional groups attached to an aromatic ring is 1. The van der Waals surface area contributed by atoms with Gasteiger partial charge in [0, 0.05) is 10.6 Å². The van der Waals surface area contributed by atoms with Crippen LogP contribution in [0.1, 0.15) is 37.2 Å². The molecule has 1 aromatic heterocycles. The van der Waals surface area contributed by atoms with E-state index < -0.39 is 18.1 Å². The number of anilines is 1. The van der Waals surface area contributed by atoms with Crippen LogP contribution < -0.4 is 5.73 Å². The Kier molecular flexibility index (Phi) is 7.20. The topological polar surface area (TPSA) is 74.4 Å². The Labute approximate surface area is 161 Å². The van der Waals surface area contributed by atoms with E-state index >= 15 is 0 Å². The van der Waals surface area contributed by atoms with E-state index in [0.29, 0.717) is 17.2 Å². The smallest absolute Gasteiger partial charge is 0.360 e. The molecule has 0 fully saturated rings. The average molecular weight is 401 g/mol. The Morgan fingerprint density at radius 1 is 1.31 bits per heavy atom. The number of benzene rings is 1.